The largest absolute Gasteiger partial charge is 0.344 e. The Kier molecular flexibility index (Phi) is 2.05. The summed E-state index contributed by atoms with van der Waals surface area (Å²) in [4.78, 5) is 0. The summed E-state index contributed by atoms with van der Waals surface area (Å²) in [6.07, 6.45) is 2.77. The van der Waals surface area contributed by atoms with Crippen LogP contribution in [0, 0.1) is 0 Å². The zero-order chi connectivity index (χ0) is 5.40. The average Bonchev–Trinajstić information content (AvgIpc) is 2.12. The molecule has 2 bridgehead atoms. The van der Waals surface area contributed by atoms with Crippen LogP contribution in [0.1, 0.15) is 12.8 Å². The number of nitrogens with one attached hydrogen (secondary N) is 2. The average molecular weight is 129 g/mol. The first-order valence-corrected chi connectivity index (χ1v) is 3.42. The molecule has 0 aromatic rings. The van der Waals surface area contributed by atoms with Crippen molar-refractivity contribution in [1.29, 1.82) is 0 Å². The van der Waals surface area contributed by atoms with Crippen LogP contribution in [0.2, 0.25) is 0 Å². The van der Waals surface area contributed by atoms with E-state index >= 15 is 0 Å². The van der Waals surface area contributed by atoms with Gasteiger partial charge in [0.15, 0.2) is 0 Å². The van der Waals surface area contributed by atoms with Crippen LogP contribution >= 0.6 is 0 Å². The molecule has 5 N–H and O–H groups in total. The number of hydrogen-bond acceptors (Lipinski definition) is 3. The van der Waals surface area contributed by atoms with Crippen LogP contribution in [0.15, 0.2) is 0 Å². The molecule has 2 saturated heterocycles. The standard InChI is InChI=1S/C6H12N2.H3N/c1-2-6-4-7-3-5(1)8-6;/h5-8H,1-4H2;1H3. The van der Waals surface area contributed by atoms with Gasteiger partial charge in [-0.05, 0) is 12.8 Å². The molecule has 0 amide bonds. The first kappa shape index (κ1) is 6.99. The zero-order valence-electron chi connectivity index (χ0n) is 5.69. The molecule has 3 nitrogen and oxygen atoms in total. The molecular weight excluding hydrogens is 114 g/mol. The molecule has 0 aliphatic carbocycles. The van der Waals surface area contributed by atoms with E-state index in [9.17, 15) is 0 Å². The van der Waals surface area contributed by atoms with Gasteiger partial charge in [0, 0.05) is 25.2 Å². The van der Waals surface area contributed by atoms with Gasteiger partial charge >= 0.3 is 0 Å². The maximum absolute atomic E-state index is 3.53. The predicted molar refractivity (Wildman–Crippen MR) is 37.8 cm³/mol. The third-order valence-corrected chi connectivity index (χ3v) is 2.12. The lowest BCUT2D eigenvalue weighted by atomic mass is 10.2. The number of rotatable bonds is 0. The van der Waals surface area contributed by atoms with Gasteiger partial charge in [-0.2, -0.15) is 0 Å². The minimum Gasteiger partial charge on any atom is -0.344 e. The van der Waals surface area contributed by atoms with Crippen molar-refractivity contribution in [2.24, 2.45) is 0 Å². The Balaban J connectivity index is 0.000000405. The van der Waals surface area contributed by atoms with Crippen LogP contribution < -0.4 is 16.8 Å². The van der Waals surface area contributed by atoms with Crippen molar-refractivity contribution in [2.45, 2.75) is 24.9 Å². The molecular formula is C6H15N3. The SMILES string of the molecule is C1CC2CNCC1N2.N. The summed E-state index contributed by atoms with van der Waals surface area (Å²) >= 11 is 0. The fourth-order valence-electron chi connectivity index (χ4n) is 1.66. The van der Waals surface area contributed by atoms with Gasteiger partial charge in [0.05, 0.1) is 0 Å². The van der Waals surface area contributed by atoms with Gasteiger partial charge in [-0.15, -0.1) is 0 Å². The molecule has 2 heterocycles. The Morgan fingerprint density at radius 2 is 1.56 bits per heavy atom. The minimum atomic E-state index is 0. The van der Waals surface area contributed by atoms with Crippen molar-refractivity contribution >= 4 is 0 Å². The lowest BCUT2D eigenvalue weighted by molar-refractivity contribution is 0.423. The smallest absolute Gasteiger partial charge is 0.0196 e. The molecule has 2 rings (SSSR count). The molecule has 2 unspecified atom stereocenters. The van der Waals surface area contributed by atoms with Crippen molar-refractivity contribution < 1.29 is 0 Å². The van der Waals surface area contributed by atoms with E-state index in [-0.39, 0.29) is 6.15 Å². The summed E-state index contributed by atoms with van der Waals surface area (Å²) in [7, 11) is 0. The van der Waals surface area contributed by atoms with Crippen LogP contribution in [-0.4, -0.2) is 25.2 Å². The minimum absolute atomic E-state index is 0. The van der Waals surface area contributed by atoms with Gasteiger partial charge in [-0.3, -0.25) is 0 Å². The number of piperazine rings is 1. The van der Waals surface area contributed by atoms with E-state index in [2.05, 4.69) is 10.6 Å². The molecule has 2 aliphatic rings. The second-order valence-corrected chi connectivity index (χ2v) is 2.80. The monoisotopic (exact) mass is 129 g/mol. The molecule has 0 aromatic carbocycles. The molecule has 2 fully saturated rings. The third kappa shape index (κ3) is 1.23. The van der Waals surface area contributed by atoms with Crippen LogP contribution in [-0.2, 0) is 0 Å². The Hall–Kier alpha value is -0.120. The van der Waals surface area contributed by atoms with Crippen molar-refractivity contribution in [1.82, 2.24) is 16.8 Å². The summed E-state index contributed by atoms with van der Waals surface area (Å²) in [5.74, 6) is 0. The summed E-state index contributed by atoms with van der Waals surface area (Å²) in [5, 5.41) is 6.91. The molecule has 0 radical (unpaired) electrons. The van der Waals surface area contributed by atoms with Gasteiger partial charge in [-0.25, -0.2) is 0 Å². The molecule has 54 valence electrons. The van der Waals surface area contributed by atoms with E-state index in [0.717, 1.165) is 12.1 Å². The molecule has 9 heavy (non-hydrogen) atoms. The normalized spacial score (nSPS) is 40.0. The Labute approximate surface area is 55.8 Å². The molecule has 2 aliphatic heterocycles. The van der Waals surface area contributed by atoms with E-state index in [1.807, 2.05) is 0 Å². The maximum atomic E-state index is 3.53. The van der Waals surface area contributed by atoms with Gasteiger partial charge < -0.3 is 16.8 Å². The third-order valence-electron chi connectivity index (χ3n) is 2.12. The topological polar surface area (TPSA) is 59.1 Å². The Bertz CT molecular complexity index is 80.3. The van der Waals surface area contributed by atoms with Crippen LogP contribution in [0.25, 0.3) is 0 Å². The van der Waals surface area contributed by atoms with Gasteiger partial charge in [-0.1, -0.05) is 0 Å². The molecule has 2 atom stereocenters. The van der Waals surface area contributed by atoms with Crippen LogP contribution in [0.5, 0.6) is 0 Å². The first-order valence-electron chi connectivity index (χ1n) is 3.42. The summed E-state index contributed by atoms with van der Waals surface area (Å²) < 4.78 is 0. The highest BCUT2D eigenvalue weighted by Crippen LogP contribution is 2.13. The zero-order valence-corrected chi connectivity index (χ0v) is 5.69. The summed E-state index contributed by atoms with van der Waals surface area (Å²) in [6, 6.07) is 1.60. The van der Waals surface area contributed by atoms with E-state index in [4.69, 9.17) is 0 Å². The lowest BCUT2D eigenvalue weighted by Crippen LogP contribution is -2.48. The van der Waals surface area contributed by atoms with Crippen molar-refractivity contribution in [3.8, 4) is 0 Å². The fraction of sp³-hybridized carbons (Fsp3) is 1.00. The van der Waals surface area contributed by atoms with Crippen LogP contribution in [0.4, 0.5) is 0 Å². The molecule has 3 heteroatoms. The van der Waals surface area contributed by atoms with Gasteiger partial charge in [0.25, 0.3) is 0 Å². The number of hydrogen-bond donors (Lipinski definition) is 3. The van der Waals surface area contributed by atoms with Crippen LogP contribution in [0.3, 0.4) is 0 Å². The van der Waals surface area contributed by atoms with Crippen molar-refractivity contribution in [2.75, 3.05) is 13.1 Å². The second kappa shape index (κ2) is 2.64. The van der Waals surface area contributed by atoms with Crippen molar-refractivity contribution in [3.63, 3.8) is 0 Å². The van der Waals surface area contributed by atoms with Gasteiger partial charge in [0.1, 0.15) is 0 Å². The van der Waals surface area contributed by atoms with Crippen molar-refractivity contribution in [3.05, 3.63) is 0 Å². The fourth-order valence-corrected chi connectivity index (χ4v) is 1.66. The Morgan fingerprint density at radius 3 is 2.00 bits per heavy atom. The second-order valence-electron chi connectivity index (χ2n) is 2.80. The molecule has 0 saturated carbocycles. The van der Waals surface area contributed by atoms with E-state index in [1.54, 1.807) is 0 Å². The quantitative estimate of drug-likeness (QED) is 0.427. The predicted octanol–water partition coefficient (Wildman–Crippen LogP) is -0.128. The highest BCUT2D eigenvalue weighted by atomic mass is 15.1. The lowest BCUT2D eigenvalue weighted by Gasteiger charge is -2.21. The summed E-state index contributed by atoms with van der Waals surface area (Å²) in [6.45, 7) is 2.38. The van der Waals surface area contributed by atoms with E-state index in [1.165, 1.54) is 25.9 Å². The van der Waals surface area contributed by atoms with E-state index in [0.29, 0.717) is 0 Å². The highest BCUT2D eigenvalue weighted by molar-refractivity contribution is 4.90. The number of fused-ring (bicyclic) bond motifs is 2. The first-order chi connectivity index (χ1) is 3.95. The Morgan fingerprint density at radius 1 is 1.00 bits per heavy atom. The molecule has 0 spiro atoms. The summed E-state index contributed by atoms with van der Waals surface area (Å²) in [5.41, 5.74) is 0. The molecule has 0 aromatic heterocycles. The van der Waals surface area contributed by atoms with Gasteiger partial charge in [0.2, 0.25) is 0 Å². The van der Waals surface area contributed by atoms with E-state index < -0.39 is 0 Å². The highest BCUT2D eigenvalue weighted by Gasteiger charge is 2.26. The maximum Gasteiger partial charge on any atom is 0.0196 e.